The molecule has 0 aliphatic carbocycles. The maximum atomic E-state index is 12.1. The predicted octanol–water partition coefficient (Wildman–Crippen LogP) is 2.72. The topological polar surface area (TPSA) is 59.6 Å². The number of hydrogen-bond acceptors (Lipinski definition) is 5. The molecule has 1 heterocycles. The monoisotopic (exact) mass is 374 g/mol. The summed E-state index contributed by atoms with van der Waals surface area (Å²) < 4.78 is 10.5. The van der Waals surface area contributed by atoms with E-state index in [-0.39, 0.29) is 24.4 Å². The quantitative estimate of drug-likeness (QED) is 0.718. The summed E-state index contributed by atoms with van der Waals surface area (Å²) in [7, 11) is 3.25. The number of benzene rings is 1. The van der Waals surface area contributed by atoms with Gasteiger partial charge in [0.05, 0.1) is 14.2 Å². The Morgan fingerprint density at radius 2 is 2.08 bits per heavy atom. The molecule has 2 N–H and O–H groups in total. The highest BCUT2D eigenvalue weighted by atomic mass is 35.5. The highest BCUT2D eigenvalue weighted by Gasteiger charge is 2.22. The van der Waals surface area contributed by atoms with Crippen molar-refractivity contribution >= 4 is 30.1 Å². The molecule has 0 spiro atoms. The summed E-state index contributed by atoms with van der Waals surface area (Å²) in [4.78, 5) is 13.1. The van der Waals surface area contributed by atoms with Crippen LogP contribution in [-0.2, 0) is 4.79 Å². The molecule has 1 fully saturated rings. The number of nitrogens with one attached hydrogen (secondary N) is 2. The normalized spacial score (nSPS) is 20.0. The van der Waals surface area contributed by atoms with Crippen LogP contribution in [0.4, 0.5) is 0 Å². The zero-order chi connectivity index (χ0) is 16.7. The zero-order valence-corrected chi connectivity index (χ0v) is 16.1. The van der Waals surface area contributed by atoms with Crippen molar-refractivity contribution in [3.8, 4) is 11.5 Å². The second kappa shape index (κ2) is 10.7. The number of piperidine rings is 1. The Balaban J connectivity index is 0.00000288. The van der Waals surface area contributed by atoms with Gasteiger partial charge in [-0.25, -0.2) is 0 Å². The van der Waals surface area contributed by atoms with E-state index in [1.807, 2.05) is 18.2 Å². The summed E-state index contributed by atoms with van der Waals surface area (Å²) in [6.45, 7) is 4.11. The molecule has 24 heavy (non-hydrogen) atoms. The van der Waals surface area contributed by atoms with Crippen LogP contribution in [0.2, 0.25) is 0 Å². The molecule has 1 amide bonds. The van der Waals surface area contributed by atoms with E-state index in [0.717, 1.165) is 30.2 Å². The van der Waals surface area contributed by atoms with Gasteiger partial charge in [0, 0.05) is 29.7 Å². The van der Waals surface area contributed by atoms with E-state index in [2.05, 4.69) is 17.6 Å². The molecule has 1 aliphatic rings. The van der Waals surface area contributed by atoms with Gasteiger partial charge < -0.3 is 20.1 Å². The molecular formula is C17H27ClN2O3S. The molecule has 1 aromatic carbocycles. The molecule has 2 atom stereocenters. The Bertz CT molecular complexity index is 531. The fourth-order valence-electron chi connectivity index (χ4n) is 2.63. The van der Waals surface area contributed by atoms with Crippen LogP contribution in [0.25, 0.3) is 0 Å². The minimum atomic E-state index is 0. The van der Waals surface area contributed by atoms with Crippen LogP contribution in [0.1, 0.15) is 19.8 Å². The van der Waals surface area contributed by atoms with Crippen molar-refractivity contribution in [1.82, 2.24) is 10.6 Å². The smallest absolute Gasteiger partial charge is 0.221 e. The number of ether oxygens (including phenoxy) is 2. The summed E-state index contributed by atoms with van der Waals surface area (Å²) >= 11 is 1.65. The number of halogens is 1. The number of carbonyl (C=O) groups is 1. The summed E-state index contributed by atoms with van der Waals surface area (Å²) in [5.41, 5.74) is 0. The standard InChI is InChI=1S/C17H26N2O3S.ClH/c1-12-6-8-18-11-14(12)19-17(20)7-9-23-13-4-5-15(21-2)16(10-13)22-3;/h4-5,10,12,14,18H,6-9,11H2,1-3H3,(H,19,20);1H. The van der Waals surface area contributed by atoms with Gasteiger partial charge in [0.15, 0.2) is 11.5 Å². The van der Waals surface area contributed by atoms with Crippen molar-refractivity contribution in [1.29, 1.82) is 0 Å². The highest BCUT2D eigenvalue weighted by Crippen LogP contribution is 2.32. The van der Waals surface area contributed by atoms with Crippen LogP contribution in [-0.4, -0.2) is 45.0 Å². The third kappa shape index (κ3) is 6.07. The van der Waals surface area contributed by atoms with Crippen molar-refractivity contribution in [2.75, 3.05) is 33.1 Å². The first-order valence-electron chi connectivity index (χ1n) is 7.99. The fraction of sp³-hybridized carbons (Fsp3) is 0.588. The molecule has 7 heteroatoms. The molecular weight excluding hydrogens is 348 g/mol. The zero-order valence-electron chi connectivity index (χ0n) is 14.5. The van der Waals surface area contributed by atoms with Gasteiger partial charge in [0.2, 0.25) is 5.91 Å². The average molecular weight is 375 g/mol. The Kier molecular flexibility index (Phi) is 9.33. The molecule has 0 radical (unpaired) electrons. The number of amides is 1. The molecule has 1 saturated heterocycles. The van der Waals surface area contributed by atoms with E-state index in [4.69, 9.17) is 9.47 Å². The lowest BCUT2D eigenvalue weighted by Crippen LogP contribution is -2.50. The molecule has 1 aromatic rings. The lowest BCUT2D eigenvalue weighted by atomic mass is 9.95. The summed E-state index contributed by atoms with van der Waals surface area (Å²) in [6, 6.07) is 6.06. The van der Waals surface area contributed by atoms with Crippen LogP contribution in [0.3, 0.4) is 0 Å². The molecule has 0 bridgehead atoms. The lowest BCUT2D eigenvalue weighted by Gasteiger charge is -2.30. The van der Waals surface area contributed by atoms with Gasteiger partial charge in [-0.2, -0.15) is 0 Å². The van der Waals surface area contributed by atoms with Crippen LogP contribution in [0, 0.1) is 5.92 Å². The number of carbonyl (C=O) groups excluding carboxylic acids is 1. The van der Waals surface area contributed by atoms with Gasteiger partial charge in [-0.1, -0.05) is 6.92 Å². The first kappa shape index (κ1) is 20.9. The molecule has 136 valence electrons. The van der Waals surface area contributed by atoms with E-state index in [1.54, 1.807) is 26.0 Å². The van der Waals surface area contributed by atoms with E-state index in [9.17, 15) is 4.79 Å². The Morgan fingerprint density at radius 1 is 1.33 bits per heavy atom. The number of hydrogen-bond donors (Lipinski definition) is 2. The lowest BCUT2D eigenvalue weighted by molar-refractivity contribution is -0.121. The predicted molar refractivity (Wildman–Crippen MR) is 101 cm³/mol. The largest absolute Gasteiger partial charge is 0.493 e. The molecule has 2 rings (SSSR count). The van der Waals surface area contributed by atoms with Crippen molar-refractivity contribution in [2.24, 2.45) is 5.92 Å². The van der Waals surface area contributed by atoms with Gasteiger partial charge in [-0.3, -0.25) is 4.79 Å². The van der Waals surface area contributed by atoms with Crippen molar-refractivity contribution in [3.05, 3.63) is 18.2 Å². The molecule has 5 nitrogen and oxygen atoms in total. The van der Waals surface area contributed by atoms with Crippen LogP contribution < -0.4 is 20.1 Å². The first-order chi connectivity index (χ1) is 11.1. The SMILES string of the molecule is COc1ccc(SCCC(=O)NC2CNCCC2C)cc1OC.Cl. The van der Waals surface area contributed by atoms with Crippen LogP contribution in [0.15, 0.2) is 23.1 Å². The van der Waals surface area contributed by atoms with Crippen molar-refractivity contribution < 1.29 is 14.3 Å². The summed E-state index contributed by atoms with van der Waals surface area (Å²) in [5.74, 6) is 2.84. The third-order valence-corrected chi connectivity index (χ3v) is 5.12. The Labute approximate surface area is 154 Å². The van der Waals surface area contributed by atoms with E-state index >= 15 is 0 Å². The summed E-state index contributed by atoms with van der Waals surface area (Å²) in [5, 5.41) is 6.47. The molecule has 0 saturated carbocycles. The number of methoxy groups -OCH3 is 2. The van der Waals surface area contributed by atoms with Crippen molar-refractivity contribution in [3.63, 3.8) is 0 Å². The Hall–Kier alpha value is -1.11. The maximum Gasteiger partial charge on any atom is 0.221 e. The van der Waals surface area contributed by atoms with Gasteiger partial charge in [0.1, 0.15) is 0 Å². The number of rotatable bonds is 7. The fourth-order valence-corrected chi connectivity index (χ4v) is 3.51. The highest BCUT2D eigenvalue weighted by molar-refractivity contribution is 7.99. The van der Waals surface area contributed by atoms with Crippen LogP contribution in [0.5, 0.6) is 11.5 Å². The average Bonchev–Trinajstić information content (AvgIpc) is 2.56. The van der Waals surface area contributed by atoms with E-state index in [0.29, 0.717) is 23.8 Å². The second-order valence-corrected chi connectivity index (χ2v) is 6.93. The van der Waals surface area contributed by atoms with Crippen LogP contribution >= 0.6 is 24.2 Å². The minimum absolute atomic E-state index is 0. The van der Waals surface area contributed by atoms with E-state index in [1.165, 1.54) is 0 Å². The Morgan fingerprint density at radius 3 is 2.75 bits per heavy atom. The van der Waals surface area contributed by atoms with Crippen molar-refractivity contribution in [2.45, 2.75) is 30.7 Å². The second-order valence-electron chi connectivity index (χ2n) is 5.76. The molecule has 0 aromatic heterocycles. The molecule has 1 aliphatic heterocycles. The first-order valence-corrected chi connectivity index (χ1v) is 8.97. The number of thioether (sulfide) groups is 1. The third-order valence-electron chi connectivity index (χ3n) is 4.13. The van der Waals surface area contributed by atoms with Gasteiger partial charge in [-0.05, 0) is 37.1 Å². The van der Waals surface area contributed by atoms with Gasteiger partial charge in [0.25, 0.3) is 0 Å². The minimum Gasteiger partial charge on any atom is -0.493 e. The molecule has 2 unspecified atom stereocenters. The van der Waals surface area contributed by atoms with Gasteiger partial charge >= 0.3 is 0 Å². The van der Waals surface area contributed by atoms with Gasteiger partial charge in [-0.15, -0.1) is 24.2 Å². The maximum absolute atomic E-state index is 12.1. The van der Waals surface area contributed by atoms with E-state index < -0.39 is 0 Å². The summed E-state index contributed by atoms with van der Waals surface area (Å²) in [6.07, 6.45) is 1.63.